The highest BCUT2D eigenvalue weighted by Gasteiger charge is 2.18. The Labute approximate surface area is 160 Å². The molecule has 0 aromatic carbocycles. The zero-order valence-electron chi connectivity index (χ0n) is 14.6. The second-order valence-corrected chi connectivity index (χ2v) is 8.84. The highest BCUT2D eigenvalue weighted by molar-refractivity contribution is 7.98. The fourth-order valence-electron chi connectivity index (χ4n) is 2.65. The molecule has 0 saturated heterocycles. The second-order valence-electron chi connectivity index (χ2n) is 5.70. The van der Waals surface area contributed by atoms with Crippen molar-refractivity contribution in [1.29, 1.82) is 0 Å². The van der Waals surface area contributed by atoms with E-state index in [1.165, 1.54) is 16.2 Å². The van der Waals surface area contributed by atoms with E-state index in [-0.39, 0.29) is 5.91 Å². The summed E-state index contributed by atoms with van der Waals surface area (Å²) in [6.45, 7) is 6.70. The molecular formula is C18H21N3OS3. The lowest BCUT2D eigenvalue weighted by molar-refractivity contribution is 0.0960. The first-order valence-electron chi connectivity index (χ1n) is 8.25. The van der Waals surface area contributed by atoms with Gasteiger partial charge in [-0.1, -0.05) is 13.0 Å². The lowest BCUT2D eigenvalue weighted by Gasteiger charge is -2.04. The number of carbonyl (C=O) groups is 1. The molecule has 0 saturated carbocycles. The largest absolute Gasteiger partial charge is 0.351 e. The predicted octanol–water partition coefficient (Wildman–Crippen LogP) is 4.60. The second kappa shape index (κ2) is 8.29. The zero-order valence-corrected chi connectivity index (χ0v) is 17.0. The SMILES string of the molecule is CCc1nc(C)c2c(C)c(C(=O)NCCSCc3cccs3)sc2n1. The monoisotopic (exact) mass is 391 g/mol. The van der Waals surface area contributed by atoms with Gasteiger partial charge < -0.3 is 5.32 Å². The number of hydrogen-bond donors (Lipinski definition) is 1. The Bertz CT molecular complexity index is 871. The van der Waals surface area contributed by atoms with Crippen LogP contribution < -0.4 is 5.32 Å². The van der Waals surface area contributed by atoms with E-state index in [9.17, 15) is 4.79 Å². The highest BCUT2D eigenvalue weighted by atomic mass is 32.2. The number of aryl methyl sites for hydroxylation is 3. The number of aromatic nitrogens is 2. The molecule has 0 aliphatic heterocycles. The van der Waals surface area contributed by atoms with E-state index in [0.717, 1.165) is 50.1 Å². The molecule has 0 aliphatic rings. The standard InChI is InChI=1S/C18H21N3OS3/c1-4-14-20-12(3)15-11(2)16(25-18(15)21-14)17(22)19-7-9-23-10-13-6-5-8-24-13/h5-6,8H,4,7,9-10H2,1-3H3,(H,19,22). The first kappa shape index (κ1) is 18.4. The van der Waals surface area contributed by atoms with Gasteiger partial charge in [0.05, 0.1) is 4.88 Å². The maximum absolute atomic E-state index is 12.5. The molecule has 0 aliphatic carbocycles. The van der Waals surface area contributed by atoms with Crippen molar-refractivity contribution in [3.8, 4) is 0 Å². The van der Waals surface area contributed by atoms with E-state index < -0.39 is 0 Å². The number of thioether (sulfide) groups is 1. The van der Waals surface area contributed by atoms with Crippen LogP contribution in [0, 0.1) is 13.8 Å². The molecule has 3 aromatic heterocycles. The van der Waals surface area contributed by atoms with Gasteiger partial charge in [0.25, 0.3) is 5.91 Å². The number of amides is 1. The molecule has 0 unspecified atom stereocenters. The minimum atomic E-state index is -0.00493. The van der Waals surface area contributed by atoms with Gasteiger partial charge in [0, 0.05) is 40.4 Å². The van der Waals surface area contributed by atoms with Crippen molar-refractivity contribution < 1.29 is 4.79 Å². The summed E-state index contributed by atoms with van der Waals surface area (Å²) >= 11 is 5.08. The molecule has 132 valence electrons. The first-order valence-corrected chi connectivity index (χ1v) is 11.1. The van der Waals surface area contributed by atoms with Crippen LogP contribution in [0.25, 0.3) is 10.2 Å². The molecule has 1 amide bonds. The number of rotatable bonds is 7. The number of nitrogens with one attached hydrogen (secondary N) is 1. The van der Waals surface area contributed by atoms with Crippen molar-refractivity contribution in [2.45, 2.75) is 32.9 Å². The van der Waals surface area contributed by atoms with Gasteiger partial charge in [-0.3, -0.25) is 4.79 Å². The summed E-state index contributed by atoms with van der Waals surface area (Å²) < 4.78 is 0. The first-order chi connectivity index (χ1) is 12.1. The van der Waals surface area contributed by atoms with Gasteiger partial charge in [-0.15, -0.1) is 22.7 Å². The summed E-state index contributed by atoms with van der Waals surface area (Å²) in [7, 11) is 0. The quantitative estimate of drug-likeness (QED) is 0.598. The Morgan fingerprint density at radius 3 is 2.88 bits per heavy atom. The molecule has 4 nitrogen and oxygen atoms in total. The minimum absolute atomic E-state index is 0.00493. The number of nitrogens with zero attached hydrogens (tertiary/aromatic N) is 2. The summed E-state index contributed by atoms with van der Waals surface area (Å²) in [6, 6.07) is 4.21. The number of fused-ring (bicyclic) bond motifs is 1. The lowest BCUT2D eigenvalue weighted by atomic mass is 10.1. The van der Waals surface area contributed by atoms with Gasteiger partial charge >= 0.3 is 0 Å². The van der Waals surface area contributed by atoms with Crippen molar-refractivity contribution in [1.82, 2.24) is 15.3 Å². The van der Waals surface area contributed by atoms with Crippen LogP contribution in [0.2, 0.25) is 0 Å². The van der Waals surface area contributed by atoms with Gasteiger partial charge in [-0.2, -0.15) is 11.8 Å². The molecule has 25 heavy (non-hydrogen) atoms. The molecular weight excluding hydrogens is 370 g/mol. The minimum Gasteiger partial charge on any atom is -0.351 e. The zero-order chi connectivity index (χ0) is 17.8. The summed E-state index contributed by atoms with van der Waals surface area (Å²) in [5, 5.41) is 6.16. The average Bonchev–Trinajstić information content (AvgIpc) is 3.22. The number of carbonyl (C=O) groups excluding carboxylic acids is 1. The summed E-state index contributed by atoms with van der Waals surface area (Å²) in [6.07, 6.45) is 0.802. The Kier molecular flexibility index (Phi) is 6.09. The molecule has 0 spiro atoms. The maximum atomic E-state index is 12.5. The van der Waals surface area contributed by atoms with E-state index in [1.807, 2.05) is 32.5 Å². The lowest BCUT2D eigenvalue weighted by Crippen LogP contribution is -2.25. The van der Waals surface area contributed by atoms with Crippen molar-refractivity contribution >= 4 is 50.6 Å². The summed E-state index contributed by atoms with van der Waals surface area (Å²) in [5.41, 5.74) is 1.95. The fourth-order valence-corrected chi connectivity index (χ4v) is 5.52. The van der Waals surface area contributed by atoms with Gasteiger partial charge in [-0.05, 0) is 30.9 Å². The van der Waals surface area contributed by atoms with Gasteiger partial charge in [0.1, 0.15) is 10.7 Å². The highest BCUT2D eigenvalue weighted by Crippen LogP contribution is 2.31. The van der Waals surface area contributed by atoms with E-state index in [2.05, 4.69) is 32.8 Å². The smallest absolute Gasteiger partial charge is 0.261 e. The third-order valence-corrected chi connectivity index (χ3v) is 7.15. The van der Waals surface area contributed by atoms with Crippen LogP contribution >= 0.6 is 34.4 Å². The third kappa shape index (κ3) is 4.22. The van der Waals surface area contributed by atoms with E-state index in [0.29, 0.717) is 6.54 Å². The summed E-state index contributed by atoms with van der Waals surface area (Å²) in [5.74, 6) is 2.74. The Morgan fingerprint density at radius 2 is 2.16 bits per heavy atom. The van der Waals surface area contributed by atoms with Crippen LogP contribution in [0.3, 0.4) is 0 Å². The fraction of sp³-hybridized carbons (Fsp3) is 0.389. The van der Waals surface area contributed by atoms with Crippen molar-refractivity contribution in [3.63, 3.8) is 0 Å². The van der Waals surface area contributed by atoms with E-state index >= 15 is 0 Å². The molecule has 0 bridgehead atoms. The normalized spacial score (nSPS) is 11.2. The molecule has 1 N–H and O–H groups in total. The average molecular weight is 392 g/mol. The van der Waals surface area contributed by atoms with Gasteiger partial charge in [0.2, 0.25) is 0 Å². The van der Waals surface area contributed by atoms with Crippen molar-refractivity contribution in [3.05, 3.63) is 44.3 Å². The van der Waals surface area contributed by atoms with Crippen LogP contribution in [0.1, 0.15) is 38.6 Å². The molecule has 3 rings (SSSR count). The Hall–Kier alpha value is -1.44. The number of thiophene rings is 2. The summed E-state index contributed by atoms with van der Waals surface area (Å²) in [4.78, 5) is 24.7. The van der Waals surface area contributed by atoms with Crippen LogP contribution in [-0.4, -0.2) is 28.2 Å². The molecule has 0 radical (unpaired) electrons. The van der Waals surface area contributed by atoms with Crippen LogP contribution in [-0.2, 0) is 12.2 Å². The molecule has 0 fully saturated rings. The molecule has 3 heterocycles. The van der Waals surface area contributed by atoms with Crippen LogP contribution in [0.15, 0.2) is 17.5 Å². The van der Waals surface area contributed by atoms with Crippen molar-refractivity contribution in [2.75, 3.05) is 12.3 Å². The van der Waals surface area contributed by atoms with Gasteiger partial charge in [-0.25, -0.2) is 9.97 Å². The number of hydrogen-bond acceptors (Lipinski definition) is 6. The third-order valence-electron chi connectivity index (χ3n) is 3.90. The Morgan fingerprint density at radius 1 is 1.32 bits per heavy atom. The van der Waals surface area contributed by atoms with Crippen molar-refractivity contribution in [2.24, 2.45) is 0 Å². The molecule has 0 atom stereocenters. The van der Waals surface area contributed by atoms with Gasteiger partial charge in [0.15, 0.2) is 0 Å². The Balaban J connectivity index is 1.61. The van der Waals surface area contributed by atoms with Crippen LogP contribution in [0.4, 0.5) is 0 Å². The molecule has 3 aromatic rings. The maximum Gasteiger partial charge on any atom is 0.261 e. The van der Waals surface area contributed by atoms with E-state index in [4.69, 9.17) is 0 Å². The van der Waals surface area contributed by atoms with Crippen LogP contribution in [0.5, 0.6) is 0 Å². The molecule has 7 heteroatoms. The topological polar surface area (TPSA) is 54.9 Å². The van der Waals surface area contributed by atoms with E-state index in [1.54, 1.807) is 11.3 Å². The predicted molar refractivity (Wildman–Crippen MR) is 109 cm³/mol.